The Labute approximate surface area is 133 Å². The van der Waals surface area contributed by atoms with Crippen LogP contribution >= 0.6 is 0 Å². The van der Waals surface area contributed by atoms with Crippen molar-refractivity contribution in [2.24, 2.45) is 22.7 Å². The van der Waals surface area contributed by atoms with E-state index in [1.165, 1.54) is 12.0 Å². The van der Waals surface area contributed by atoms with Crippen molar-refractivity contribution in [3.8, 4) is 0 Å². The van der Waals surface area contributed by atoms with Gasteiger partial charge in [-0.25, -0.2) is 0 Å². The molecule has 4 aliphatic rings. The van der Waals surface area contributed by atoms with E-state index in [0.29, 0.717) is 18.4 Å². The molecule has 0 aromatic carbocycles. The number of fused-ring (bicyclic) bond motifs is 5. The average molecular weight is 306 g/mol. The Morgan fingerprint density at radius 1 is 1.14 bits per heavy atom. The molecule has 1 saturated heterocycles. The molecule has 0 bridgehead atoms. The Morgan fingerprint density at radius 3 is 2.68 bits per heavy atom. The maximum Gasteiger partial charge on any atom is 0.0868 e. The molecule has 1 heterocycles. The molecular formula is C19H30O3. The van der Waals surface area contributed by atoms with Gasteiger partial charge in [0.05, 0.1) is 24.4 Å². The van der Waals surface area contributed by atoms with E-state index in [4.69, 9.17) is 4.74 Å². The van der Waals surface area contributed by atoms with Gasteiger partial charge in [0, 0.05) is 5.41 Å². The van der Waals surface area contributed by atoms with E-state index < -0.39 is 5.60 Å². The minimum atomic E-state index is -0.536. The molecule has 0 aromatic heterocycles. The lowest BCUT2D eigenvalue weighted by Gasteiger charge is -2.59. The molecule has 0 radical (unpaired) electrons. The van der Waals surface area contributed by atoms with Crippen LogP contribution in [0.15, 0.2) is 11.6 Å². The van der Waals surface area contributed by atoms with Gasteiger partial charge in [-0.05, 0) is 61.9 Å². The van der Waals surface area contributed by atoms with Gasteiger partial charge in [-0.2, -0.15) is 0 Å². The largest absolute Gasteiger partial charge is 0.390 e. The zero-order valence-corrected chi connectivity index (χ0v) is 14.1. The molecule has 3 fully saturated rings. The van der Waals surface area contributed by atoms with Crippen LogP contribution in [-0.2, 0) is 4.74 Å². The van der Waals surface area contributed by atoms with Crippen LogP contribution in [0.2, 0.25) is 0 Å². The number of aliphatic hydroxyl groups is 2. The number of hydrogen-bond acceptors (Lipinski definition) is 3. The van der Waals surface area contributed by atoms with Crippen LogP contribution in [0.4, 0.5) is 0 Å². The van der Waals surface area contributed by atoms with Crippen LogP contribution in [0.3, 0.4) is 0 Å². The van der Waals surface area contributed by atoms with Crippen LogP contribution < -0.4 is 0 Å². The van der Waals surface area contributed by atoms with Crippen molar-refractivity contribution in [1.82, 2.24) is 0 Å². The van der Waals surface area contributed by atoms with Gasteiger partial charge in [0.1, 0.15) is 0 Å². The highest BCUT2D eigenvalue weighted by Crippen LogP contribution is 2.63. The van der Waals surface area contributed by atoms with Crippen LogP contribution in [0, 0.1) is 22.7 Å². The summed E-state index contributed by atoms with van der Waals surface area (Å²) in [4.78, 5) is 0. The van der Waals surface area contributed by atoms with Crippen molar-refractivity contribution in [2.45, 2.75) is 77.1 Å². The summed E-state index contributed by atoms with van der Waals surface area (Å²) in [6, 6.07) is 0. The minimum Gasteiger partial charge on any atom is -0.390 e. The van der Waals surface area contributed by atoms with Gasteiger partial charge in [0.2, 0.25) is 0 Å². The van der Waals surface area contributed by atoms with E-state index in [1.54, 1.807) is 0 Å². The Morgan fingerprint density at radius 2 is 1.91 bits per heavy atom. The predicted molar refractivity (Wildman–Crippen MR) is 85.3 cm³/mol. The monoisotopic (exact) mass is 306 g/mol. The smallest absolute Gasteiger partial charge is 0.0868 e. The fourth-order valence-corrected chi connectivity index (χ4v) is 6.36. The summed E-state index contributed by atoms with van der Waals surface area (Å²) in [5.74, 6) is 0.875. The first-order valence-electron chi connectivity index (χ1n) is 9.01. The Hall–Kier alpha value is -0.380. The Balaban J connectivity index is 1.73. The van der Waals surface area contributed by atoms with Gasteiger partial charge in [0.25, 0.3) is 0 Å². The molecule has 22 heavy (non-hydrogen) atoms. The Kier molecular flexibility index (Phi) is 3.16. The number of aliphatic hydroxyl groups excluding tert-OH is 1. The van der Waals surface area contributed by atoms with E-state index in [1.807, 2.05) is 6.92 Å². The molecule has 0 amide bonds. The molecule has 0 aromatic rings. The van der Waals surface area contributed by atoms with Gasteiger partial charge in [-0.15, -0.1) is 0 Å². The zero-order valence-electron chi connectivity index (χ0n) is 14.1. The maximum atomic E-state index is 10.9. The van der Waals surface area contributed by atoms with Gasteiger partial charge in [-0.1, -0.05) is 26.3 Å². The molecule has 1 aliphatic heterocycles. The summed E-state index contributed by atoms with van der Waals surface area (Å²) in [5.41, 5.74) is 0.972. The number of rotatable bonds is 0. The lowest BCUT2D eigenvalue weighted by atomic mass is 9.47. The molecule has 2 N–H and O–H groups in total. The third-order valence-corrected chi connectivity index (χ3v) is 7.79. The summed E-state index contributed by atoms with van der Waals surface area (Å²) in [7, 11) is 0. The zero-order chi connectivity index (χ0) is 15.8. The lowest BCUT2D eigenvalue weighted by molar-refractivity contribution is -0.128. The number of hydrogen-bond donors (Lipinski definition) is 2. The first kappa shape index (κ1) is 15.2. The van der Waals surface area contributed by atoms with Crippen molar-refractivity contribution < 1.29 is 14.9 Å². The van der Waals surface area contributed by atoms with Crippen LogP contribution in [0.1, 0.15) is 59.3 Å². The minimum absolute atomic E-state index is 0.0888. The van der Waals surface area contributed by atoms with E-state index in [-0.39, 0.29) is 23.0 Å². The van der Waals surface area contributed by atoms with Crippen molar-refractivity contribution in [3.05, 3.63) is 11.6 Å². The average Bonchev–Trinajstić information content (AvgIpc) is 2.74. The first-order valence-corrected chi connectivity index (χ1v) is 9.01. The highest BCUT2D eigenvalue weighted by Gasteiger charge is 2.60. The summed E-state index contributed by atoms with van der Waals surface area (Å²) < 4.78 is 6.04. The molecule has 0 spiro atoms. The van der Waals surface area contributed by atoms with Crippen LogP contribution in [-0.4, -0.2) is 34.6 Å². The molecule has 7 atom stereocenters. The van der Waals surface area contributed by atoms with Crippen molar-refractivity contribution in [1.29, 1.82) is 0 Å². The second-order valence-corrected chi connectivity index (χ2v) is 9.04. The SMILES string of the molecule is C[C@]12CCC[C@@](C)(O)[C@@H]1CC=C1[C@@H]2CC[C@]2(C)[C@H](O)CO[C@@H]12. The van der Waals surface area contributed by atoms with Crippen molar-refractivity contribution in [3.63, 3.8) is 0 Å². The fraction of sp³-hybridized carbons (Fsp3) is 0.895. The molecule has 4 rings (SSSR count). The highest BCUT2D eigenvalue weighted by atomic mass is 16.5. The topological polar surface area (TPSA) is 49.7 Å². The van der Waals surface area contributed by atoms with Gasteiger partial charge < -0.3 is 14.9 Å². The van der Waals surface area contributed by atoms with Crippen molar-refractivity contribution in [2.75, 3.05) is 6.61 Å². The van der Waals surface area contributed by atoms with Gasteiger partial charge in [-0.3, -0.25) is 0 Å². The second-order valence-electron chi connectivity index (χ2n) is 9.04. The molecular weight excluding hydrogens is 276 g/mol. The summed E-state index contributed by atoms with van der Waals surface area (Å²) >= 11 is 0. The molecule has 124 valence electrons. The van der Waals surface area contributed by atoms with Gasteiger partial charge >= 0.3 is 0 Å². The first-order chi connectivity index (χ1) is 10.3. The normalized spacial score (nSPS) is 57.6. The number of allylic oxidation sites excluding steroid dienone is 1. The molecule has 2 saturated carbocycles. The van der Waals surface area contributed by atoms with E-state index in [9.17, 15) is 10.2 Å². The molecule has 3 heteroatoms. The lowest BCUT2D eigenvalue weighted by Crippen LogP contribution is -2.56. The fourth-order valence-electron chi connectivity index (χ4n) is 6.36. The summed E-state index contributed by atoms with van der Waals surface area (Å²) in [5, 5.41) is 21.3. The molecule has 3 nitrogen and oxygen atoms in total. The third-order valence-electron chi connectivity index (χ3n) is 7.79. The molecule has 0 unspecified atom stereocenters. The number of ether oxygens (including phenoxy) is 1. The highest BCUT2D eigenvalue weighted by molar-refractivity contribution is 5.30. The summed E-state index contributed by atoms with van der Waals surface area (Å²) in [6.45, 7) is 7.11. The van der Waals surface area contributed by atoms with Crippen LogP contribution in [0.25, 0.3) is 0 Å². The maximum absolute atomic E-state index is 10.9. The predicted octanol–water partition coefficient (Wildman–Crippen LogP) is 3.05. The van der Waals surface area contributed by atoms with E-state index in [0.717, 1.165) is 32.1 Å². The van der Waals surface area contributed by atoms with Crippen LogP contribution in [0.5, 0.6) is 0 Å². The third kappa shape index (κ3) is 1.79. The van der Waals surface area contributed by atoms with Gasteiger partial charge in [0.15, 0.2) is 0 Å². The van der Waals surface area contributed by atoms with Crippen molar-refractivity contribution >= 4 is 0 Å². The summed E-state index contributed by atoms with van der Waals surface area (Å²) in [6.07, 6.45) is 8.49. The standard InChI is InChI=1S/C19H30O3/c1-17-8-4-9-19(3,21)14(17)6-5-12-13(17)7-10-18(2)15(20)11-22-16(12)18/h5,13-16,20-21H,4,6-11H2,1-3H3/t13-,14+,15+,16-,17+,18+,19+/m0/s1. The molecule has 3 aliphatic carbocycles. The quantitative estimate of drug-likeness (QED) is 0.676. The van der Waals surface area contributed by atoms with E-state index >= 15 is 0 Å². The second kappa shape index (κ2) is 4.58. The van der Waals surface area contributed by atoms with E-state index in [2.05, 4.69) is 19.9 Å². The Bertz CT molecular complexity index is 511.